The number of fused-ring (bicyclic) bond motifs is 7. The summed E-state index contributed by atoms with van der Waals surface area (Å²) in [6.45, 7) is 2.71. The molecule has 94 heavy (non-hydrogen) atoms. The van der Waals surface area contributed by atoms with Crippen molar-refractivity contribution in [2.24, 2.45) is 0 Å². The maximum absolute atomic E-state index is 14.3. The van der Waals surface area contributed by atoms with Crippen LogP contribution in [0.1, 0.15) is 52.8 Å². The molecular weight excluding hydrogens is 1260 g/mol. The van der Waals surface area contributed by atoms with Gasteiger partial charge in [0.2, 0.25) is 17.3 Å². The zero-order valence-corrected chi connectivity index (χ0v) is 54.3. The lowest BCUT2D eigenvalue weighted by Gasteiger charge is -2.28. The van der Waals surface area contributed by atoms with E-state index in [0.29, 0.717) is 54.7 Å². The summed E-state index contributed by atoms with van der Waals surface area (Å²) in [4.78, 5) is 67.5. The molecule has 3 aromatic heterocycles. The number of nitrogens with two attached hydrogens (primary N) is 1. The number of nitrogens with zero attached hydrogens (tertiary/aromatic N) is 7. The van der Waals surface area contributed by atoms with E-state index in [0.717, 1.165) is 95.8 Å². The fourth-order valence-corrected chi connectivity index (χ4v) is 13.7. The van der Waals surface area contributed by atoms with Crippen LogP contribution in [0, 0.1) is 0 Å². The van der Waals surface area contributed by atoms with E-state index >= 15 is 0 Å². The Bertz CT molecular complexity index is 4430. The number of nitrogen functional groups attached to an aromatic ring is 1. The largest absolute Gasteiger partial charge is 0.666 e. The predicted octanol–water partition coefficient (Wildman–Crippen LogP) is 11.4. The van der Waals surface area contributed by atoms with Gasteiger partial charge >= 0.3 is 23.4 Å². The molecule has 11 rings (SSSR count). The molecule has 0 fully saturated rings. The minimum absolute atomic E-state index is 0.00303. The van der Waals surface area contributed by atoms with Crippen LogP contribution < -0.4 is 34.5 Å². The van der Waals surface area contributed by atoms with Crippen LogP contribution in [0.3, 0.4) is 0 Å². The molecule has 4 heterocycles. The van der Waals surface area contributed by atoms with Crippen molar-refractivity contribution >= 4 is 80.6 Å². The number of nitrogens with one attached hydrogen (secondary N) is 1. The molecule has 7 N–H and O–H groups in total. The molecule has 2 amide bonds. The van der Waals surface area contributed by atoms with Gasteiger partial charge in [0.05, 0.1) is 29.9 Å². The quantitative estimate of drug-likeness (QED) is 0.0110. The van der Waals surface area contributed by atoms with Gasteiger partial charge in [0.1, 0.15) is 54.3 Å². The summed E-state index contributed by atoms with van der Waals surface area (Å²) in [5, 5.41) is 14.6. The second-order valence-corrected chi connectivity index (χ2v) is 27.5. The summed E-state index contributed by atoms with van der Waals surface area (Å²) in [6.07, 6.45) is 6.48. The second kappa shape index (κ2) is 30.3. The highest BCUT2D eigenvalue weighted by molar-refractivity contribution is 7.52. The van der Waals surface area contributed by atoms with Gasteiger partial charge in [-0.1, -0.05) is 107 Å². The molecule has 0 aliphatic carbocycles. The maximum atomic E-state index is 14.3. The number of carbonyl (C=O) groups excluding carboxylic acids is 2. The fourth-order valence-electron chi connectivity index (χ4n) is 11.3. The number of ether oxygens (including phenoxy) is 2. The summed E-state index contributed by atoms with van der Waals surface area (Å²) < 4.78 is 65.3. The number of hydrogen-bond donors (Lipinski definition) is 6. The van der Waals surface area contributed by atoms with Crippen molar-refractivity contribution in [3.05, 3.63) is 216 Å². The van der Waals surface area contributed by atoms with Crippen LogP contribution >= 0.6 is 23.4 Å². The van der Waals surface area contributed by atoms with E-state index in [1.54, 1.807) is 40.9 Å². The highest BCUT2D eigenvalue weighted by Gasteiger charge is 2.31. The third-order valence-electron chi connectivity index (χ3n) is 15.9. The average Bonchev–Trinajstić information content (AvgIpc) is 1.73. The summed E-state index contributed by atoms with van der Waals surface area (Å²) in [5.41, 5.74) is 17.2. The second-order valence-electron chi connectivity index (χ2n) is 22.9. The molecule has 0 saturated heterocycles. The van der Waals surface area contributed by atoms with Gasteiger partial charge in [0.25, 0.3) is 0 Å². The number of rotatable bonds is 29. The van der Waals surface area contributed by atoms with E-state index in [9.17, 15) is 42.9 Å². The van der Waals surface area contributed by atoms with Crippen molar-refractivity contribution in [3.8, 4) is 39.8 Å². The number of furan rings is 1. The van der Waals surface area contributed by atoms with Crippen molar-refractivity contribution in [2.45, 2.75) is 58.3 Å². The summed E-state index contributed by atoms with van der Waals surface area (Å²) in [5.74, 6) is 2.07. The molecule has 22 nitrogen and oxygen atoms in total. The molecule has 1 unspecified atom stereocenters. The lowest BCUT2D eigenvalue weighted by molar-refractivity contribution is -0.672. The van der Waals surface area contributed by atoms with Gasteiger partial charge in [-0.25, -0.2) is 9.21 Å². The van der Waals surface area contributed by atoms with Gasteiger partial charge in [-0.2, -0.15) is 4.57 Å². The minimum atomic E-state index is -4.54. The number of amides is 2. The van der Waals surface area contributed by atoms with Gasteiger partial charge in [0, 0.05) is 90.9 Å². The summed E-state index contributed by atoms with van der Waals surface area (Å²) in [6, 6.07) is 55.5. The number of benzene rings is 7. The minimum Gasteiger partial charge on any atom is -0.490 e. The summed E-state index contributed by atoms with van der Waals surface area (Å²) >= 11 is 0. The van der Waals surface area contributed by atoms with Gasteiger partial charge in [-0.3, -0.25) is 23.6 Å². The van der Waals surface area contributed by atoms with E-state index in [1.807, 2.05) is 126 Å². The standard InChI is InChI=1S/C69H70N9O13P3/c1-74(92(81)91-58-29-17-50(18-30-58)34-39-75(47-93(82,83)84)48-94(85,86)87)45-51-19-27-57(28-20-51)89-42-41-88-56-25-15-49(16-26-56)21-32-66(79)71-36-33-67(80)77-46-54-9-2-3-11-61(54)69-68(62-12-5-7-14-64(62)77)72-73-78(69)38-8-37-76-40-35-52(60-10-4-6-13-63(60)76)23-31-59-43-53-22-24-55(70)44-65(53)90-59/h2-7,9-20,22-31,35,40,43-44,70H,8,21,32-34,36-39,41-42,45-48H2,1H3,(H4-,71,79,82,83,84,85,86,87)/p+2. The molecule has 7 aromatic carbocycles. The molecule has 0 radical (unpaired) electrons. The number of hydrogen-bond acceptors (Lipinski definition) is 13. The third-order valence-corrected chi connectivity index (χ3v) is 18.5. The Morgan fingerprint density at radius 2 is 1.39 bits per heavy atom. The molecule has 484 valence electrons. The molecule has 1 atom stereocenters. The first kappa shape index (κ1) is 66.3. The smallest absolute Gasteiger partial charge is 0.490 e. The highest BCUT2D eigenvalue weighted by atomic mass is 31.2. The fraction of sp³-hybridized carbons (Fsp3) is 0.232. The van der Waals surface area contributed by atoms with E-state index in [1.165, 1.54) is 0 Å². The third kappa shape index (κ3) is 17.7. The SMILES string of the molecule is CN(Cc1ccc(OCCOc2ccc(CCC(=O)NCCC(=O)N3Cc4ccccc4-c4c(nnn4CCC[n+]4ccc(/C=C/c5cc6ccc(N)cc6o5)c5ccccc54)-c4ccccc43)cc2)cc1)[P+](=O)Oc1ccc(CCN(CP(=O)(O)O)CP(=O)(O)O)cc1. The van der Waals surface area contributed by atoms with Crippen LogP contribution in [0.15, 0.2) is 187 Å². The predicted molar refractivity (Wildman–Crippen MR) is 361 cm³/mol. The number of aryl methyl sites for hydroxylation is 3. The molecule has 10 aromatic rings. The first-order valence-electron chi connectivity index (χ1n) is 30.6. The maximum Gasteiger partial charge on any atom is 0.666 e. The van der Waals surface area contributed by atoms with Crippen LogP contribution in [0.4, 0.5) is 11.4 Å². The van der Waals surface area contributed by atoms with Crippen molar-refractivity contribution in [1.82, 2.24) is 29.9 Å². The Balaban J connectivity index is 0.606. The number of aromatic nitrogens is 4. The first-order valence-corrected chi connectivity index (χ1v) is 35.3. The van der Waals surface area contributed by atoms with Gasteiger partial charge in [-0.05, 0) is 113 Å². The average molecular weight is 1330 g/mol. The van der Waals surface area contributed by atoms with Crippen molar-refractivity contribution < 1.29 is 65.8 Å². The number of para-hydroxylation sites is 2. The van der Waals surface area contributed by atoms with Crippen molar-refractivity contribution in [1.29, 1.82) is 0 Å². The van der Waals surface area contributed by atoms with Gasteiger partial charge in [0.15, 0.2) is 18.5 Å². The van der Waals surface area contributed by atoms with Gasteiger partial charge in [-0.15, -0.1) is 5.10 Å². The van der Waals surface area contributed by atoms with E-state index in [-0.39, 0.29) is 57.4 Å². The number of anilines is 2. The zero-order chi connectivity index (χ0) is 65.8. The Hall–Kier alpha value is -9.17. The zero-order valence-electron chi connectivity index (χ0n) is 51.6. The first-order chi connectivity index (χ1) is 45.3. The van der Waals surface area contributed by atoms with Crippen molar-refractivity contribution in [3.63, 3.8) is 0 Å². The monoisotopic (exact) mass is 1330 g/mol. The molecule has 1 aliphatic rings. The molecule has 0 bridgehead atoms. The molecule has 25 heteroatoms. The van der Waals surface area contributed by atoms with Crippen LogP contribution in [0.2, 0.25) is 0 Å². The molecule has 0 saturated carbocycles. The Morgan fingerprint density at radius 1 is 0.745 bits per heavy atom. The van der Waals surface area contributed by atoms with Crippen LogP contribution in [-0.2, 0) is 62.3 Å². The lowest BCUT2D eigenvalue weighted by Crippen LogP contribution is -2.35. The molecular formula is C69H72N9O13P3+2. The Labute approximate surface area is 544 Å². The molecule has 1 aliphatic heterocycles. The highest BCUT2D eigenvalue weighted by Crippen LogP contribution is 2.43. The number of carbonyl (C=O) groups is 2. The van der Waals surface area contributed by atoms with Crippen LogP contribution in [-0.4, -0.2) is 102 Å². The lowest BCUT2D eigenvalue weighted by atomic mass is 9.95. The number of pyridine rings is 1. The van der Waals surface area contributed by atoms with Gasteiger partial charge < -0.3 is 49.4 Å². The van der Waals surface area contributed by atoms with Crippen LogP contribution in [0.25, 0.3) is 56.5 Å². The van der Waals surface area contributed by atoms with Crippen molar-refractivity contribution in [2.75, 3.05) is 56.6 Å². The topological polar surface area (TPSA) is 289 Å². The summed E-state index contributed by atoms with van der Waals surface area (Å²) in [7, 11) is -9.69. The Kier molecular flexibility index (Phi) is 21.4. The molecule has 0 spiro atoms. The van der Waals surface area contributed by atoms with E-state index in [4.69, 9.17) is 34.5 Å². The van der Waals surface area contributed by atoms with E-state index in [2.05, 4.69) is 58.6 Å². The Morgan fingerprint density at radius 3 is 2.12 bits per heavy atom. The normalized spacial score (nSPS) is 12.6. The van der Waals surface area contributed by atoms with E-state index < -0.39 is 35.9 Å². The van der Waals surface area contributed by atoms with Crippen LogP contribution in [0.5, 0.6) is 17.2 Å².